The Morgan fingerprint density at radius 1 is 1.25 bits per heavy atom. The standard InChI is InChI=1S/C13H15NO2/c1-2-12(15)11-8-6-10(7-9-11)4-3-5-13(14)16/h3-4,6-9H,2,5H2,1H3,(H2,14,16). The molecular weight excluding hydrogens is 202 g/mol. The monoisotopic (exact) mass is 217 g/mol. The Labute approximate surface area is 95.0 Å². The zero-order valence-electron chi connectivity index (χ0n) is 9.27. The van der Waals surface area contributed by atoms with Gasteiger partial charge in [-0.3, -0.25) is 9.59 Å². The number of Topliss-reactive ketones (excluding diaryl/α,β-unsaturated/α-hetero) is 1. The Morgan fingerprint density at radius 3 is 2.38 bits per heavy atom. The molecule has 1 aromatic rings. The minimum Gasteiger partial charge on any atom is -0.369 e. The van der Waals surface area contributed by atoms with Gasteiger partial charge in [0.25, 0.3) is 0 Å². The Kier molecular flexibility index (Phi) is 4.45. The van der Waals surface area contributed by atoms with E-state index in [-0.39, 0.29) is 18.1 Å². The number of nitrogens with two attached hydrogens (primary N) is 1. The lowest BCUT2D eigenvalue weighted by atomic mass is 10.1. The Hall–Kier alpha value is -1.90. The molecule has 0 bridgehead atoms. The molecule has 3 nitrogen and oxygen atoms in total. The van der Waals surface area contributed by atoms with Crippen LogP contribution in [0.4, 0.5) is 0 Å². The average Bonchev–Trinajstić information content (AvgIpc) is 2.28. The van der Waals surface area contributed by atoms with Gasteiger partial charge in [0.1, 0.15) is 0 Å². The second-order valence-corrected chi connectivity index (χ2v) is 3.47. The van der Waals surface area contributed by atoms with Crippen LogP contribution < -0.4 is 5.73 Å². The van der Waals surface area contributed by atoms with E-state index in [1.54, 1.807) is 18.2 Å². The summed E-state index contributed by atoms with van der Waals surface area (Å²) in [5, 5.41) is 0. The van der Waals surface area contributed by atoms with E-state index in [0.717, 1.165) is 11.1 Å². The number of ketones is 1. The van der Waals surface area contributed by atoms with Crippen molar-refractivity contribution in [1.82, 2.24) is 0 Å². The highest BCUT2D eigenvalue weighted by atomic mass is 16.1. The molecule has 0 atom stereocenters. The number of benzene rings is 1. The van der Waals surface area contributed by atoms with Crippen molar-refractivity contribution in [1.29, 1.82) is 0 Å². The van der Waals surface area contributed by atoms with Gasteiger partial charge in [0.15, 0.2) is 5.78 Å². The summed E-state index contributed by atoms with van der Waals surface area (Å²) in [5.41, 5.74) is 6.67. The van der Waals surface area contributed by atoms with E-state index in [4.69, 9.17) is 5.73 Å². The molecule has 2 N–H and O–H groups in total. The van der Waals surface area contributed by atoms with Crippen LogP contribution in [0.5, 0.6) is 0 Å². The maximum atomic E-state index is 11.3. The van der Waals surface area contributed by atoms with Gasteiger partial charge in [-0.15, -0.1) is 0 Å². The first kappa shape index (κ1) is 12.2. The van der Waals surface area contributed by atoms with Gasteiger partial charge < -0.3 is 5.73 Å². The highest BCUT2D eigenvalue weighted by Gasteiger charge is 2.00. The molecule has 84 valence electrons. The maximum absolute atomic E-state index is 11.3. The summed E-state index contributed by atoms with van der Waals surface area (Å²) in [7, 11) is 0. The number of hydrogen-bond acceptors (Lipinski definition) is 2. The van der Waals surface area contributed by atoms with E-state index in [9.17, 15) is 9.59 Å². The Balaban J connectivity index is 2.68. The topological polar surface area (TPSA) is 60.2 Å². The number of amides is 1. The molecule has 0 spiro atoms. The van der Waals surface area contributed by atoms with Gasteiger partial charge in [0.05, 0.1) is 0 Å². The average molecular weight is 217 g/mol. The van der Waals surface area contributed by atoms with Crippen LogP contribution in [0.2, 0.25) is 0 Å². The van der Waals surface area contributed by atoms with Gasteiger partial charge in [0, 0.05) is 18.4 Å². The molecule has 0 aromatic heterocycles. The fourth-order valence-electron chi connectivity index (χ4n) is 1.30. The van der Waals surface area contributed by atoms with Crippen molar-refractivity contribution in [3.63, 3.8) is 0 Å². The first-order valence-corrected chi connectivity index (χ1v) is 5.21. The normalized spacial score (nSPS) is 10.6. The van der Waals surface area contributed by atoms with Crippen molar-refractivity contribution in [2.24, 2.45) is 5.73 Å². The lowest BCUT2D eigenvalue weighted by Crippen LogP contribution is -2.07. The van der Waals surface area contributed by atoms with Crippen LogP contribution in [0, 0.1) is 0 Å². The Bertz CT molecular complexity index is 404. The van der Waals surface area contributed by atoms with Crippen LogP contribution in [0.15, 0.2) is 30.3 Å². The Morgan fingerprint density at radius 2 is 1.88 bits per heavy atom. The van der Waals surface area contributed by atoms with Crippen LogP contribution >= 0.6 is 0 Å². The van der Waals surface area contributed by atoms with Gasteiger partial charge in [-0.25, -0.2) is 0 Å². The minimum atomic E-state index is -0.353. The van der Waals surface area contributed by atoms with Gasteiger partial charge >= 0.3 is 0 Å². The largest absolute Gasteiger partial charge is 0.369 e. The molecule has 0 aliphatic rings. The van der Waals surface area contributed by atoms with E-state index in [0.29, 0.717) is 6.42 Å². The molecule has 16 heavy (non-hydrogen) atoms. The summed E-state index contributed by atoms with van der Waals surface area (Å²) >= 11 is 0. The lowest BCUT2D eigenvalue weighted by Gasteiger charge is -1.98. The number of primary amides is 1. The number of carbonyl (C=O) groups is 2. The predicted octanol–water partition coefficient (Wildman–Crippen LogP) is 2.17. The first-order valence-electron chi connectivity index (χ1n) is 5.21. The van der Waals surface area contributed by atoms with E-state index >= 15 is 0 Å². The van der Waals surface area contributed by atoms with Gasteiger partial charge in [0.2, 0.25) is 5.91 Å². The van der Waals surface area contributed by atoms with Crippen LogP contribution in [0.25, 0.3) is 6.08 Å². The van der Waals surface area contributed by atoms with Crippen LogP contribution in [0.1, 0.15) is 35.7 Å². The van der Waals surface area contributed by atoms with Crippen LogP contribution in [0.3, 0.4) is 0 Å². The molecular formula is C13H15NO2. The summed E-state index contributed by atoms with van der Waals surface area (Å²) < 4.78 is 0. The van der Waals surface area contributed by atoms with E-state index < -0.39 is 0 Å². The highest BCUT2D eigenvalue weighted by Crippen LogP contribution is 2.08. The van der Waals surface area contributed by atoms with Crippen molar-refractivity contribution < 1.29 is 9.59 Å². The van der Waals surface area contributed by atoms with E-state index in [1.165, 1.54) is 0 Å². The molecule has 0 unspecified atom stereocenters. The molecule has 1 rings (SSSR count). The highest BCUT2D eigenvalue weighted by molar-refractivity contribution is 5.95. The third kappa shape index (κ3) is 3.69. The molecule has 0 heterocycles. The summed E-state index contributed by atoms with van der Waals surface area (Å²) in [6.07, 6.45) is 4.26. The number of rotatable bonds is 5. The number of carbonyl (C=O) groups excluding carboxylic acids is 2. The second kappa shape index (κ2) is 5.85. The summed E-state index contributed by atoms with van der Waals surface area (Å²) in [6.45, 7) is 1.84. The first-order chi connectivity index (χ1) is 7.63. The van der Waals surface area contributed by atoms with Crippen LogP contribution in [-0.4, -0.2) is 11.7 Å². The van der Waals surface area contributed by atoms with Gasteiger partial charge in [-0.1, -0.05) is 43.3 Å². The fraction of sp³-hybridized carbons (Fsp3) is 0.231. The van der Waals surface area contributed by atoms with Crippen molar-refractivity contribution in [3.8, 4) is 0 Å². The van der Waals surface area contributed by atoms with Crippen molar-refractivity contribution in [2.45, 2.75) is 19.8 Å². The second-order valence-electron chi connectivity index (χ2n) is 3.47. The fourth-order valence-corrected chi connectivity index (χ4v) is 1.30. The zero-order chi connectivity index (χ0) is 12.0. The van der Waals surface area contributed by atoms with Crippen molar-refractivity contribution in [2.75, 3.05) is 0 Å². The molecule has 0 saturated carbocycles. The molecule has 0 saturated heterocycles. The third-order valence-electron chi connectivity index (χ3n) is 2.18. The van der Waals surface area contributed by atoms with Crippen molar-refractivity contribution in [3.05, 3.63) is 41.5 Å². The van der Waals surface area contributed by atoms with Crippen LogP contribution in [-0.2, 0) is 4.79 Å². The van der Waals surface area contributed by atoms with Gasteiger partial charge in [-0.05, 0) is 5.56 Å². The summed E-state index contributed by atoms with van der Waals surface area (Å²) in [4.78, 5) is 21.8. The number of hydrogen-bond donors (Lipinski definition) is 1. The molecule has 0 fully saturated rings. The molecule has 0 aliphatic carbocycles. The third-order valence-corrected chi connectivity index (χ3v) is 2.18. The predicted molar refractivity (Wildman–Crippen MR) is 63.9 cm³/mol. The molecule has 1 amide bonds. The van der Waals surface area contributed by atoms with Crippen molar-refractivity contribution >= 4 is 17.8 Å². The molecule has 0 radical (unpaired) electrons. The SMILES string of the molecule is CCC(=O)c1ccc(C=CCC(N)=O)cc1. The maximum Gasteiger partial charge on any atom is 0.221 e. The zero-order valence-corrected chi connectivity index (χ0v) is 9.27. The van der Waals surface area contributed by atoms with E-state index in [2.05, 4.69) is 0 Å². The minimum absolute atomic E-state index is 0.132. The molecule has 0 aliphatic heterocycles. The smallest absolute Gasteiger partial charge is 0.221 e. The lowest BCUT2D eigenvalue weighted by molar-refractivity contribution is -0.117. The summed E-state index contributed by atoms with van der Waals surface area (Å²) in [5.74, 6) is -0.221. The molecule has 1 aromatic carbocycles. The van der Waals surface area contributed by atoms with E-state index in [1.807, 2.05) is 25.1 Å². The molecule has 3 heteroatoms. The quantitative estimate of drug-likeness (QED) is 0.768. The summed E-state index contributed by atoms with van der Waals surface area (Å²) in [6, 6.07) is 7.27. The van der Waals surface area contributed by atoms with Gasteiger partial charge in [-0.2, -0.15) is 0 Å².